The normalized spacial score (nSPS) is 15.8. The van der Waals surface area contributed by atoms with Gasteiger partial charge in [-0.1, -0.05) is 30.3 Å². The minimum absolute atomic E-state index is 0.108. The number of rotatable bonds is 10. The molecule has 0 spiro atoms. The number of alkyl halides is 3. The van der Waals surface area contributed by atoms with Crippen LogP contribution in [0, 0.1) is 5.41 Å². The zero-order chi connectivity index (χ0) is 21.0. The van der Waals surface area contributed by atoms with Crippen molar-refractivity contribution in [3.63, 3.8) is 0 Å². The maximum Gasteiger partial charge on any atom is 0.573 e. The van der Waals surface area contributed by atoms with Crippen LogP contribution < -0.4 is 9.46 Å². The third kappa shape index (κ3) is 6.73. The maximum absolute atomic E-state index is 12.4. The maximum atomic E-state index is 12.4. The Balaban J connectivity index is 1.46. The first-order chi connectivity index (χ1) is 13.7. The molecule has 0 aromatic heterocycles. The molecule has 0 bridgehead atoms. The molecule has 1 aliphatic rings. The average Bonchev–Trinajstić information content (AvgIpc) is 3.44. The smallest absolute Gasteiger partial charge is 0.406 e. The van der Waals surface area contributed by atoms with Gasteiger partial charge in [0, 0.05) is 13.2 Å². The summed E-state index contributed by atoms with van der Waals surface area (Å²) in [5.41, 5.74) is 0.958. The van der Waals surface area contributed by atoms with Crippen molar-refractivity contribution in [3.8, 4) is 5.75 Å². The number of nitrogens with one attached hydrogen (secondary N) is 1. The fourth-order valence-electron chi connectivity index (χ4n) is 2.90. The topological polar surface area (TPSA) is 64.6 Å². The van der Waals surface area contributed by atoms with E-state index in [2.05, 4.69) is 9.46 Å². The van der Waals surface area contributed by atoms with Crippen LogP contribution in [0.15, 0.2) is 59.5 Å². The first kappa shape index (κ1) is 21.6. The average molecular weight is 429 g/mol. The van der Waals surface area contributed by atoms with Gasteiger partial charge in [0.2, 0.25) is 10.0 Å². The summed E-state index contributed by atoms with van der Waals surface area (Å²) in [6, 6.07) is 13.9. The summed E-state index contributed by atoms with van der Waals surface area (Å²) in [6.07, 6.45) is -2.27. The van der Waals surface area contributed by atoms with Crippen LogP contribution in [-0.4, -0.2) is 27.9 Å². The highest BCUT2D eigenvalue weighted by atomic mass is 32.2. The summed E-state index contributed by atoms with van der Waals surface area (Å²) >= 11 is 0. The molecule has 1 N–H and O–H groups in total. The molecule has 0 radical (unpaired) electrons. The Morgan fingerprint density at radius 1 is 1.00 bits per heavy atom. The fraction of sp³-hybridized carbons (Fsp3) is 0.400. The molecule has 3 rings (SSSR count). The molecule has 1 saturated carbocycles. The Kier molecular flexibility index (Phi) is 6.50. The van der Waals surface area contributed by atoms with Gasteiger partial charge in [-0.15, -0.1) is 13.2 Å². The zero-order valence-corrected chi connectivity index (χ0v) is 16.4. The Labute approximate surface area is 167 Å². The van der Waals surface area contributed by atoms with E-state index in [1.165, 1.54) is 0 Å². The van der Waals surface area contributed by atoms with Gasteiger partial charge in [-0.05, 0) is 54.5 Å². The van der Waals surface area contributed by atoms with Crippen molar-refractivity contribution in [3.05, 3.63) is 60.2 Å². The van der Waals surface area contributed by atoms with E-state index >= 15 is 0 Å². The Bertz CT molecular complexity index is 896. The molecule has 5 nitrogen and oxygen atoms in total. The predicted molar refractivity (Wildman–Crippen MR) is 101 cm³/mol. The third-order valence-corrected chi connectivity index (χ3v) is 6.27. The molecule has 1 aliphatic carbocycles. The highest BCUT2D eigenvalue weighted by molar-refractivity contribution is 7.89. The Morgan fingerprint density at radius 2 is 1.66 bits per heavy atom. The largest absolute Gasteiger partial charge is 0.573 e. The van der Waals surface area contributed by atoms with Gasteiger partial charge in [0.05, 0.1) is 11.5 Å². The second-order valence-electron chi connectivity index (χ2n) is 7.13. The van der Waals surface area contributed by atoms with E-state index in [0.717, 1.165) is 49.1 Å². The lowest BCUT2D eigenvalue weighted by Gasteiger charge is -2.16. The lowest BCUT2D eigenvalue weighted by atomic mass is 10.0. The quantitative estimate of drug-likeness (QED) is 0.574. The van der Waals surface area contributed by atoms with Crippen LogP contribution in [0.4, 0.5) is 13.2 Å². The number of sulfonamides is 1. The van der Waals surface area contributed by atoms with E-state index in [-0.39, 0.29) is 16.9 Å². The summed E-state index contributed by atoms with van der Waals surface area (Å²) < 4.78 is 73.4. The highest BCUT2D eigenvalue weighted by Gasteiger charge is 2.42. The number of hydrogen-bond donors (Lipinski definition) is 1. The van der Waals surface area contributed by atoms with Crippen molar-refractivity contribution in [2.24, 2.45) is 5.41 Å². The third-order valence-electron chi connectivity index (χ3n) is 4.85. The zero-order valence-electron chi connectivity index (χ0n) is 15.6. The van der Waals surface area contributed by atoms with Crippen molar-refractivity contribution in [1.82, 2.24) is 4.72 Å². The van der Waals surface area contributed by atoms with Gasteiger partial charge in [-0.2, -0.15) is 0 Å². The monoisotopic (exact) mass is 429 g/mol. The molecular formula is C20H22F3NO4S. The minimum Gasteiger partial charge on any atom is -0.406 e. The van der Waals surface area contributed by atoms with E-state index < -0.39 is 22.1 Å². The van der Waals surface area contributed by atoms with Crippen LogP contribution in [0.25, 0.3) is 0 Å². The van der Waals surface area contributed by atoms with Gasteiger partial charge >= 0.3 is 6.36 Å². The summed E-state index contributed by atoms with van der Waals surface area (Å²) in [6.45, 7) is 1.31. The van der Waals surface area contributed by atoms with Crippen molar-refractivity contribution in [2.75, 3.05) is 13.2 Å². The summed E-state index contributed by atoms with van der Waals surface area (Å²) in [5.74, 6) is -0.467. The molecule has 0 aliphatic heterocycles. The van der Waals surface area contributed by atoms with Gasteiger partial charge in [-0.3, -0.25) is 0 Å². The van der Waals surface area contributed by atoms with Crippen LogP contribution >= 0.6 is 0 Å². The van der Waals surface area contributed by atoms with Crippen molar-refractivity contribution < 1.29 is 31.1 Å². The Morgan fingerprint density at radius 3 is 2.24 bits per heavy atom. The second-order valence-corrected chi connectivity index (χ2v) is 8.90. The number of ether oxygens (including phenoxy) is 2. The number of hydrogen-bond acceptors (Lipinski definition) is 4. The molecule has 0 amide bonds. The number of halogens is 3. The van der Waals surface area contributed by atoms with Crippen molar-refractivity contribution >= 4 is 10.0 Å². The van der Waals surface area contributed by atoms with Gasteiger partial charge in [0.1, 0.15) is 5.75 Å². The summed E-state index contributed by atoms with van der Waals surface area (Å²) in [4.78, 5) is -0.108. The van der Waals surface area contributed by atoms with Crippen molar-refractivity contribution in [1.29, 1.82) is 0 Å². The van der Waals surface area contributed by atoms with E-state index in [4.69, 9.17) is 4.74 Å². The van der Waals surface area contributed by atoms with Crippen LogP contribution in [-0.2, 0) is 21.4 Å². The molecular weight excluding hydrogens is 407 g/mol. The standard InChI is InChI=1S/C20H22F3NO4S/c21-20(22,23)28-17-6-8-18(9-7-17)29(25,26)24-15-19(10-11-19)12-13-27-14-16-4-2-1-3-5-16/h1-9,24H,10-15H2. The molecule has 0 atom stereocenters. The molecule has 1 fully saturated rings. The van der Waals surface area contributed by atoms with Crippen LogP contribution in [0.1, 0.15) is 24.8 Å². The van der Waals surface area contributed by atoms with Crippen LogP contribution in [0.5, 0.6) is 5.75 Å². The van der Waals surface area contributed by atoms with Gasteiger partial charge < -0.3 is 9.47 Å². The van der Waals surface area contributed by atoms with Gasteiger partial charge in [0.15, 0.2) is 0 Å². The fourth-order valence-corrected chi connectivity index (χ4v) is 4.05. The molecule has 158 valence electrons. The van der Waals surface area contributed by atoms with Crippen molar-refractivity contribution in [2.45, 2.75) is 37.1 Å². The molecule has 0 heterocycles. The van der Waals surface area contributed by atoms with Gasteiger partial charge in [-0.25, -0.2) is 13.1 Å². The molecule has 9 heteroatoms. The first-order valence-electron chi connectivity index (χ1n) is 9.15. The molecule has 0 unspecified atom stereocenters. The summed E-state index contributed by atoms with van der Waals surface area (Å²) in [7, 11) is -3.82. The van der Waals surface area contributed by atoms with E-state index in [0.29, 0.717) is 13.2 Å². The highest BCUT2D eigenvalue weighted by Crippen LogP contribution is 2.48. The van der Waals surface area contributed by atoms with E-state index in [1.807, 2.05) is 30.3 Å². The van der Waals surface area contributed by atoms with Crippen LogP contribution in [0.2, 0.25) is 0 Å². The van der Waals surface area contributed by atoms with E-state index in [1.54, 1.807) is 0 Å². The molecule has 0 saturated heterocycles. The van der Waals surface area contributed by atoms with Crippen LogP contribution in [0.3, 0.4) is 0 Å². The predicted octanol–water partition coefficient (Wildman–Crippen LogP) is 4.25. The molecule has 29 heavy (non-hydrogen) atoms. The first-order valence-corrected chi connectivity index (χ1v) is 10.6. The SMILES string of the molecule is O=S(=O)(NCC1(CCOCc2ccccc2)CC1)c1ccc(OC(F)(F)F)cc1. The van der Waals surface area contributed by atoms with Gasteiger partial charge in [0.25, 0.3) is 0 Å². The van der Waals surface area contributed by atoms with E-state index in [9.17, 15) is 21.6 Å². The minimum atomic E-state index is -4.82. The molecule has 2 aromatic rings. The lowest BCUT2D eigenvalue weighted by molar-refractivity contribution is -0.274. The number of benzene rings is 2. The second kappa shape index (κ2) is 8.73. The Hall–Kier alpha value is -2.10. The molecule has 2 aromatic carbocycles. The lowest BCUT2D eigenvalue weighted by Crippen LogP contribution is -2.31. The summed E-state index contributed by atoms with van der Waals surface area (Å²) in [5, 5.41) is 0.